The van der Waals surface area contributed by atoms with Crippen LogP contribution >= 0.6 is 0 Å². The number of aliphatic hydroxyl groups excluding tert-OH is 3. The van der Waals surface area contributed by atoms with Crippen LogP contribution in [-0.2, 0) is 14.2 Å². The predicted octanol–water partition coefficient (Wildman–Crippen LogP) is 3.34. The lowest BCUT2D eigenvalue weighted by Crippen LogP contribution is -2.45. The van der Waals surface area contributed by atoms with Crippen molar-refractivity contribution in [2.45, 2.75) is 127 Å². The normalized spacial score (nSPS) is 37.6. The van der Waals surface area contributed by atoms with Crippen molar-refractivity contribution in [1.82, 2.24) is 0 Å². The number of rotatable bonds is 10. The van der Waals surface area contributed by atoms with Gasteiger partial charge in [0.25, 0.3) is 0 Å². The SMILES string of the molecule is CCC(COC1CCCCC1O)(COC1CCCCC1O)COC1CCCCC1O. The molecule has 0 aromatic rings. The molecule has 30 heavy (non-hydrogen) atoms. The Morgan fingerprint density at radius 1 is 0.567 bits per heavy atom. The summed E-state index contributed by atoms with van der Waals surface area (Å²) in [7, 11) is 0. The van der Waals surface area contributed by atoms with Gasteiger partial charge in [0.2, 0.25) is 0 Å². The Morgan fingerprint density at radius 3 is 1.13 bits per heavy atom. The molecule has 3 aliphatic rings. The van der Waals surface area contributed by atoms with Gasteiger partial charge in [-0.3, -0.25) is 0 Å². The molecule has 6 unspecified atom stereocenters. The third-order valence-corrected chi connectivity index (χ3v) is 7.56. The second kappa shape index (κ2) is 12.1. The highest BCUT2D eigenvalue weighted by Crippen LogP contribution is 2.32. The van der Waals surface area contributed by atoms with E-state index in [4.69, 9.17) is 14.2 Å². The fourth-order valence-electron chi connectivity index (χ4n) is 5.10. The second-order valence-corrected chi connectivity index (χ2v) is 9.96. The van der Waals surface area contributed by atoms with E-state index in [9.17, 15) is 15.3 Å². The van der Waals surface area contributed by atoms with Crippen LogP contribution in [0.25, 0.3) is 0 Å². The molecule has 176 valence electrons. The summed E-state index contributed by atoms with van der Waals surface area (Å²) in [6, 6.07) is 0. The van der Waals surface area contributed by atoms with E-state index in [2.05, 4.69) is 6.92 Å². The Bertz CT molecular complexity index is 422. The van der Waals surface area contributed by atoms with Crippen LogP contribution in [0.15, 0.2) is 0 Å². The average Bonchev–Trinajstić information content (AvgIpc) is 2.76. The highest BCUT2D eigenvalue weighted by Gasteiger charge is 2.37. The lowest BCUT2D eigenvalue weighted by Gasteiger charge is -2.39. The Hall–Kier alpha value is -0.240. The largest absolute Gasteiger partial charge is 0.390 e. The van der Waals surface area contributed by atoms with Crippen molar-refractivity contribution in [2.75, 3.05) is 19.8 Å². The van der Waals surface area contributed by atoms with Gasteiger partial charge < -0.3 is 29.5 Å². The average molecular weight is 429 g/mol. The van der Waals surface area contributed by atoms with Crippen LogP contribution in [-0.4, -0.2) is 71.8 Å². The molecule has 3 rings (SSSR count). The minimum absolute atomic E-state index is 0.120. The summed E-state index contributed by atoms with van der Waals surface area (Å²) in [6.45, 7) is 3.53. The van der Waals surface area contributed by atoms with Crippen LogP contribution < -0.4 is 0 Å². The fourth-order valence-corrected chi connectivity index (χ4v) is 5.10. The first-order valence-corrected chi connectivity index (χ1v) is 12.4. The molecular weight excluding hydrogens is 384 g/mol. The van der Waals surface area contributed by atoms with E-state index in [-0.39, 0.29) is 23.7 Å². The standard InChI is InChI=1S/C24H44O6/c1-2-24(15-28-21-12-6-3-9-18(21)25,16-29-22-13-7-4-10-19(22)26)17-30-23-14-8-5-11-20(23)27/h18-23,25-27H,2-17H2,1H3. The highest BCUT2D eigenvalue weighted by molar-refractivity contribution is 4.85. The van der Waals surface area contributed by atoms with Crippen LogP contribution in [0.4, 0.5) is 0 Å². The monoisotopic (exact) mass is 428 g/mol. The quantitative estimate of drug-likeness (QED) is 0.495. The molecule has 0 aromatic carbocycles. The first-order chi connectivity index (χ1) is 14.5. The molecule has 6 atom stereocenters. The molecule has 0 bridgehead atoms. The lowest BCUT2D eigenvalue weighted by molar-refractivity contribution is -0.161. The van der Waals surface area contributed by atoms with Crippen LogP contribution in [0.2, 0.25) is 0 Å². The summed E-state index contributed by atoms with van der Waals surface area (Å²) in [5.74, 6) is 0. The molecule has 3 N–H and O–H groups in total. The lowest BCUT2D eigenvalue weighted by atomic mass is 9.86. The van der Waals surface area contributed by atoms with Crippen molar-refractivity contribution < 1.29 is 29.5 Å². The van der Waals surface area contributed by atoms with Gasteiger partial charge in [-0.15, -0.1) is 0 Å². The topological polar surface area (TPSA) is 88.4 Å². The van der Waals surface area contributed by atoms with E-state index in [1.54, 1.807) is 0 Å². The molecule has 0 amide bonds. The van der Waals surface area contributed by atoms with Crippen molar-refractivity contribution >= 4 is 0 Å². The zero-order chi connectivity index (χ0) is 21.4. The van der Waals surface area contributed by atoms with E-state index >= 15 is 0 Å². The van der Waals surface area contributed by atoms with Gasteiger partial charge in [-0.2, -0.15) is 0 Å². The van der Waals surface area contributed by atoms with Gasteiger partial charge in [-0.1, -0.05) is 45.4 Å². The van der Waals surface area contributed by atoms with Crippen molar-refractivity contribution in [3.05, 3.63) is 0 Å². The van der Waals surface area contributed by atoms with Crippen LogP contribution in [0.3, 0.4) is 0 Å². The molecule has 3 aliphatic carbocycles. The molecular formula is C24H44O6. The van der Waals surface area contributed by atoms with E-state index in [0.29, 0.717) is 19.8 Å². The maximum Gasteiger partial charge on any atom is 0.0834 e. The molecule has 6 heteroatoms. The van der Waals surface area contributed by atoms with Crippen LogP contribution in [0.1, 0.15) is 90.4 Å². The zero-order valence-corrected chi connectivity index (χ0v) is 18.8. The molecule has 0 aliphatic heterocycles. The van der Waals surface area contributed by atoms with Gasteiger partial charge in [0.1, 0.15) is 0 Å². The van der Waals surface area contributed by atoms with Crippen LogP contribution in [0, 0.1) is 5.41 Å². The van der Waals surface area contributed by atoms with Crippen molar-refractivity contribution in [3.8, 4) is 0 Å². The van der Waals surface area contributed by atoms with Gasteiger partial charge in [-0.05, 0) is 44.9 Å². The van der Waals surface area contributed by atoms with Gasteiger partial charge in [0.15, 0.2) is 0 Å². The Balaban J connectivity index is 1.61. The van der Waals surface area contributed by atoms with E-state index in [0.717, 1.165) is 83.5 Å². The summed E-state index contributed by atoms with van der Waals surface area (Å²) in [5.41, 5.74) is -0.342. The fraction of sp³-hybridized carbons (Fsp3) is 1.00. The first-order valence-electron chi connectivity index (χ1n) is 12.4. The summed E-state index contributed by atoms with van der Waals surface area (Å²) in [4.78, 5) is 0. The molecule has 0 spiro atoms. The van der Waals surface area contributed by atoms with E-state index in [1.807, 2.05) is 0 Å². The maximum atomic E-state index is 10.3. The number of hydrogen-bond donors (Lipinski definition) is 3. The van der Waals surface area contributed by atoms with E-state index < -0.39 is 18.3 Å². The second-order valence-electron chi connectivity index (χ2n) is 9.96. The summed E-state index contributed by atoms with van der Waals surface area (Å²) >= 11 is 0. The molecule has 3 saturated carbocycles. The summed E-state index contributed by atoms with van der Waals surface area (Å²) in [5, 5.41) is 31.0. The molecule has 3 fully saturated rings. The first kappa shape index (κ1) is 24.4. The van der Waals surface area contributed by atoms with Gasteiger partial charge >= 0.3 is 0 Å². The molecule has 0 saturated heterocycles. The van der Waals surface area contributed by atoms with Gasteiger partial charge in [0.05, 0.1) is 56.4 Å². The molecule has 0 aromatic heterocycles. The van der Waals surface area contributed by atoms with Crippen molar-refractivity contribution in [3.63, 3.8) is 0 Å². The number of aliphatic hydroxyl groups is 3. The third kappa shape index (κ3) is 6.88. The minimum atomic E-state index is -0.393. The molecule has 0 radical (unpaired) electrons. The smallest absolute Gasteiger partial charge is 0.0834 e. The third-order valence-electron chi connectivity index (χ3n) is 7.56. The minimum Gasteiger partial charge on any atom is -0.390 e. The summed E-state index contributed by atoms with van der Waals surface area (Å²) < 4.78 is 18.8. The predicted molar refractivity (Wildman–Crippen MR) is 115 cm³/mol. The zero-order valence-electron chi connectivity index (χ0n) is 18.8. The van der Waals surface area contributed by atoms with Crippen molar-refractivity contribution in [1.29, 1.82) is 0 Å². The maximum absolute atomic E-state index is 10.3. The van der Waals surface area contributed by atoms with Gasteiger partial charge in [0, 0.05) is 5.41 Å². The number of ether oxygens (including phenoxy) is 3. The highest BCUT2D eigenvalue weighted by atomic mass is 16.5. The van der Waals surface area contributed by atoms with Crippen LogP contribution in [0.5, 0.6) is 0 Å². The number of hydrogen-bond acceptors (Lipinski definition) is 6. The molecule has 0 heterocycles. The van der Waals surface area contributed by atoms with Gasteiger partial charge in [-0.25, -0.2) is 0 Å². The van der Waals surface area contributed by atoms with Crippen molar-refractivity contribution in [2.24, 2.45) is 5.41 Å². The summed E-state index contributed by atoms with van der Waals surface area (Å²) in [6.07, 6.45) is 10.8. The molecule has 6 nitrogen and oxygen atoms in total. The Morgan fingerprint density at radius 2 is 0.867 bits per heavy atom. The Kier molecular flexibility index (Phi) is 9.86. The Labute approximate surface area is 182 Å². The van der Waals surface area contributed by atoms with E-state index in [1.165, 1.54) is 0 Å².